The van der Waals surface area contributed by atoms with Crippen molar-refractivity contribution in [1.82, 2.24) is 15.0 Å². The molecule has 0 fully saturated rings. The molecule has 0 aliphatic heterocycles. The number of pyridine rings is 1. The zero-order valence-corrected chi connectivity index (χ0v) is 12.8. The van der Waals surface area contributed by atoms with Gasteiger partial charge < -0.3 is 15.0 Å². The maximum absolute atomic E-state index is 12.1. The molecular formula is C14H14F3N5O2. The lowest BCUT2D eigenvalue weighted by atomic mass is 10.2. The predicted octanol–water partition coefficient (Wildman–Crippen LogP) is 2.13. The van der Waals surface area contributed by atoms with E-state index in [4.69, 9.17) is 0 Å². The second-order valence-electron chi connectivity index (χ2n) is 4.91. The highest BCUT2D eigenvalue weighted by molar-refractivity contribution is 6.04. The van der Waals surface area contributed by atoms with Gasteiger partial charge in [-0.3, -0.25) is 4.79 Å². The van der Waals surface area contributed by atoms with Gasteiger partial charge >= 0.3 is 6.18 Å². The SMILES string of the molecule is CN(C)c1ncc(NC(=O)c2ccnc(OCC(F)(F)F)c2)cn1. The summed E-state index contributed by atoms with van der Waals surface area (Å²) in [7, 11) is 3.54. The second-order valence-corrected chi connectivity index (χ2v) is 4.91. The zero-order valence-electron chi connectivity index (χ0n) is 12.8. The first-order valence-corrected chi connectivity index (χ1v) is 6.71. The second kappa shape index (κ2) is 7.11. The van der Waals surface area contributed by atoms with Crippen LogP contribution in [0.3, 0.4) is 0 Å². The molecule has 128 valence electrons. The standard InChI is InChI=1S/C14H14F3N5O2/c1-22(2)13-19-6-10(7-20-13)21-12(23)9-3-4-18-11(5-9)24-8-14(15,16)17/h3-7H,8H2,1-2H3,(H,21,23). The topological polar surface area (TPSA) is 80.2 Å². The number of nitrogens with zero attached hydrogens (tertiary/aromatic N) is 4. The van der Waals surface area contributed by atoms with E-state index >= 15 is 0 Å². The summed E-state index contributed by atoms with van der Waals surface area (Å²) in [6.07, 6.45) is -0.456. The number of hydrogen-bond acceptors (Lipinski definition) is 6. The van der Waals surface area contributed by atoms with Crippen molar-refractivity contribution in [3.63, 3.8) is 0 Å². The van der Waals surface area contributed by atoms with Crippen LogP contribution in [0.1, 0.15) is 10.4 Å². The number of halogens is 3. The number of alkyl halides is 3. The van der Waals surface area contributed by atoms with Crippen molar-refractivity contribution in [1.29, 1.82) is 0 Å². The Morgan fingerprint density at radius 1 is 1.25 bits per heavy atom. The van der Waals surface area contributed by atoms with Crippen molar-refractivity contribution in [3.05, 3.63) is 36.3 Å². The molecule has 0 aliphatic rings. The Balaban J connectivity index is 2.04. The molecule has 0 aliphatic carbocycles. The molecule has 1 N–H and O–H groups in total. The van der Waals surface area contributed by atoms with E-state index in [2.05, 4.69) is 25.0 Å². The number of anilines is 2. The molecule has 0 saturated heterocycles. The van der Waals surface area contributed by atoms with E-state index in [0.717, 1.165) is 6.07 Å². The van der Waals surface area contributed by atoms with Crippen molar-refractivity contribution in [2.45, 2.75) is 6.18 Å². The first kappa shape index (κ1) is 17.4. The molecule has 0 spiro atoms. The first-order chi connectivity index (χ1) is 11.2. The summed E-state index contributed by atoms with van der Waals surface area (Å²) >= 11 is 0. The summed E-state index contributed by atoms with van der Waals surface area (Å²) < 4.78 is 40.9. The van der Waals surface area contributed by atoms with Gasteiger partial charge in [0.15, 0.2) is 6.61 Å². The van der Waals surface area contributed by atoms with Gasteiger partial charge in [-0.15, -0.1) is 0 Å². The molecule has 0 aromatic carbocycles. The maximum Gasteiger partial charge on any atom is 0.422 e. The van der Waals surface area contributed by atoms with Crippen molar-refractivity contribution >= 4 is 17.5 Å². The molecule has 0 unspecified atom stereocenters. The minimum Gasteiger partial charge on any atom is -0.468 e. The van der Waals surface area contributed by atoms with Gasteiger partial charge in [0.05, 0.1) is 18.1 Å². The Bertz CT molecular complexity index is 704. The molecule has 7 nitrogen and oxygen atoms in total. The van der Waals surface area contributed by atoms with Gasteiger partial charge in [-0.2, -0.15) is 13.2 Å². The summed E-state index contributed by atoms with van der Waals surface area (Å²) in [6, 6.07) is 2.47. The molecule has 0 bridgehead atoms. The molecule has 2 heterocycles. The van der Waals surface area contributed by atoms with E-state index in [-0.39, 0.29) is 11.4 Å². The molecule has 2 aromatic heterocycles. The van der Waals surface area contributed by atoms with Crippen molar-refractivity contribution in [3.8, 4) is 5.88 Å². The number of aromatic nitrogens is 3. The van der Waals surface area contributed by atoms with Crippen LogP contribution in [0.15, 0.2) is 30.7 Å². The summed E-state index contributed by atoms with van der Waals surface area (Å²) in [6.45, 7) is -1.48. The van der Waals surface area contributed by atoms with E-state index < -0.39 is 18.7 Å². The third-order valence-electron chi connectivity index (χ3n) is 2.68. The number of carbonyl (C=O) groups is 1. The number of hydrogen-bond donors (Lipinski definition) is 1. The lowest BCUT2D eigenvalue weighted by Gasteiger charge is -2.11. The summed E-state index contributed by atoms with van der Waals surface area (Å²) in [5, 5.41) is 2.54. The molecule has 24 heavy (non-hydrogen) atoms. The molecule has 10 heteroatoms. The normalized spacial score (nSPS) is 11.0. The van der Waals surface area contributed by atoms with E-state index in [9.17, 15) is 18.0 Å². The van der Waals surface area contributed by atoms with E-state index in [1.54, 1.807) is 19.0 Å². The number of rotatable bonds is 5. The van der Waals surface area contributed by atoms with Crippen LogP contribution >= 0.6 is 0 Å². The van der Waals surface area contributed by atoms with Crippen LogP contribution < -0.4 is 15.0 Å². The van der Waals surface area contributed by atoms with Crippen molar-refractivity contribution in [2.24, 2.45) is 0 Å². The van der Waals surface area contributed by atoms with Crippen LogP contribution in [-0.2, 0) is 0 Å². The fraction of sp³-hybridized carbons (Fsp3) is 0.286. The molecule has 2 aromatic rings. The Morgan fingerprint density at radius 2 is 1.92 bits per heavy atom. The molecular weight excluding hydrogens is 327 g/mol. The molecule has 0 saturated carbocycles. The largest absolute Gasteiger partial charge is 0.468 e. The Hall–Kier alpha value is -2.91. The van der Waals surface area contributed by atoms with Gasteiger partial charge in [-0.05, 0) is 6.07 Å². The van der Waals surface area contributed by atoms with Crippen molar-refractivity contribution < 1.29 is 22.7 Å². The highest BCUT2D eigenvalue weighted by Gasteiger charge is 2.28. The smallest absolute Gasteiger partial charge is 0.422 e. The lowest BCUT2D eigenvalue weighted by molar-refractivity contribution is -0.154. The van der Waals surface area contributed by atoms with Crippen LogP contribution in [0.5, 0.6) is 5.88 Å². The lowest BCUT2D eigenvalue weighted by Crippen LogP contribution is -2.20. The number of amides is 1. The van der Waals surface area contributed by atoms with Gasteiger partial charge in [0.2, 0.25) is 11.8 Å². The van der Waals surface area contributed by atoms with Crippen LogP contribution in [0.2, 0.25) is 0 Å². The number of nitrogens with one attached hydrogen (secondary N) is 1. The van der Waals surface area contributed by atoms with Gasteiger partial charge in [-0.25, -0.2) is 15.0 Å². The molecule has 1 amide bonds. The Kier molecular flexibility index (Phi) is 5.17. The highest BCUT2D eigenvalue weighted by atomic mass is 19.4. The zero-order chi connectivity index (χ0) is 17.7. The fourth-order valence-corrected chi connectivity index (χ4v) is 1.61. The third-order valence-corrected chi connectivity index (χ3v) is 2.68. The van der Waals surface area contributed by atoms with Gasteiger partial charge in [-0.1, -0.05) is 0 Å². The number of carbonyl (C=O) groups excluding carboxylic acids is 1. The van der Waals surface area contributed by atoms with E-state index in [0.29, 0.717) is 11.6 Å². The Morgan fingerprint density at radius 3 is 2.50 bits per heavy atom. The molecule has 2 rings (SSSR count). The maximum atomic E-state index is 12.1. The highest BCUT2D eigenvalue weighted by Crippen LogP contribution is 2.18. The van der Waals surface area contributed by atoms with E-state index in [1.165, 1.54) is 24.7 Å². The number of ether oxygens (including phenoxy) is 1. The van der Waals surface area contributed by atoms with Crippen LogP contribution in [-0.4, -0.2) is 47.7 Å². The van der Waals surface area contributed by atoms with Gasteiger partial charge in [0.1, 0.15) is 0 Å². The average molecular weight is 341 g/mol. The monoisotopic (exact) mass is 341 g/mol. The van der Waals surface area contributed by atoms with Crippen LogP contribution in [0, 0.1) is 0 Å². The minimum absolute atomic E-state index is 0.0962. The van der Waals surface area contributed by atoms with Crippen molar-refractivity contribution in [2.75, 3.05) is 30.9 Å². The minimum atomic E-state index is -4.48. The van der Waals surface area contributed by atoms with Crippen LogP contribution in [0.25, 0.3) is 0 Å². The third kappa shape index (κ3) is 5.07. The van der Waals surface area contributed by atoms with E-state index in [1.807, 2.05) is 0 Å². The van der Waals surface area contributed by atoms with Crippen LogP contribution in [0.4, 0.5) is 24.8 Å². The fourth-order valence-electron chi connectivity index (χ4n) is 1.61. The average Bonchev–Trinajstić information content (AvgIpc) is 2.53. The summed E-state index contributed by atoms with van der Waals surface area (Å²) in [5.74, 6) is -0.366. The van der Waals surface area contributed by atoms with Gasteiger partial charge in [0, 0.05) is 31.9 Å². The molecule has 0 radical (unpaired) electrons. The molecule has 0 atom stereocenters. The summed E-state index contributed by atoms with van der Waals surface area (Å²) in [4.78, 5) is 25.5. The van der Waals surface area contributed by atoms with Gasteiger partial charge in [0.25, 0.3) is 5.91 Å². The quantitative estimate of drug-likeness (QED) is 0.897. The Labute approximate surface area is 135 Å². The predicted molar refractivity (Wildman–Crippen MR) is 80.1 cm³/mol. The summed E-state index contributed by atoms with van der Waals surface area (Å²) in [5.41, 5.74) is 0.444. The first-order valence-electron chi connectivity index (χ1n) is 6.71.